The lowest BCUT2D eigenvalue weighted by Gasteiger charge is -2.02. The molecule has 0 heterocycles. The van der Waals surface area contributed by atoms with Crippen molar-refractivity contribution >= 4 is 17.3 Å². The second-order valence-electron chi connectivity index (χ2n) is 3.88. The van der Waals surface area contributed by atoms with E-state index < -0.39 is 5.97 Å². The first-order valence-corrected chi connectivity index (χ1v) is 5.73. The molecule has 0 aliphatic heterocycles. The van der Waals surface area contributed by atoms with Crippen LogP contribution in [-0.2, 0) is 0 Å². The lowest BCUT2D eigenvalue weighted by Crippen LogP contribution is -1.95. The van der Waals surface area contributed by atoms with E-state index in [1.165, 1.54) is 31.4 Å². The number of azo groups is 1. The summed E-state index contributed by atoms with van der Waals surface area (Å²) in [5.74, 6) is -0.639. The number of aromatic hydroxyl groups is 1. The minimum Gasteiger partial charge on any atom is -0.506 e. The Morgan fingerprint density at radius 3 is 2.50 bits per heavy atom. The van der Waals surface area contributed by atoms with Gasteiger partial charge in [-0.2, -0.15) is 0 Å². The van der Waals surface area contributed by atoms with Gasteiger partial charge >= 0.3 is 5.97 Å². The number of phenols is 1. The van der Waals surface area contributed by atoms with Crippen molar-refractivity contribution in [2.24, 2.45) is 10.2 Å². The van der Waals surface area contributed by atoms with E-state index in [1.807, 2.05) is 0 Å². The van der Waals surface area contributed by atoms with E-state index in [-0.39, 0.29) is 22.7 Å². The van der Waals surface area contributed by atoms with Crippen molar-refractivity contribution < 1.29 is 19.7 Å². The Labute approximate surface area is 115 Å². The predicted molar refractivity (Wildman–Crippen MR) is 72.2 cm³/mol. The fraction of sp³-hybridized carbons (Fsp3) is 0.0714. The zero-order chi connectivity index (χ0) is 14.5. The van der Waals surface area contributed by atoms with Crippen LogP contribution in [0.5, 0.6) is 11.5 Å². The van der Waals surface area contributed by atoms with Gasteiger partial charge in [0.15, 0.2) is 0 Å². The van der Waals surface area contributed by atoms with Crippen LogP contribution in [0.2, 0.25) is 0 Å². The molecule has 0 aromatic heterocycles. The summed E-state index contributed by atoms with van der Waals surface area (Å²) in [5, 5.41) is 26.4. The Kier molecular flexibility index (Phi) is 3.95. The maximum atomic E-state index is 11.0. The number of carbonyl (C=O) groups is 1. The monoisotopic (exact) mass is 272 g/mol. The molecule has 0 fully saturated rings. The van der Waals surface area contributed by atoms with Gasteiger partial charge in [0, 0.05) is 6.07 Å². The largest absolute Gasteiger partial charge is 0.506 e. The van der Waals surface area contributed by atoms with Crippen LogP contribution in [-0.4, -0.2) is 23.3 Å². The molecule has 0 saturated carbocycles. The van der Waals surface area contributed by atoms with Crippen LogP contribution >= 0.6 is 0 Å². The fourth-order valence-corrected chi connectivity index (χ4v) is 1.56. The predicted octanol–water partition coefficient (Wildman–Crippen LogP) is 3.51. The van der Waals surface area contributed by atoms with E-state index in [4.69, 9.17) is 9.84 Å². The summed E-state index contributed by atoms with van der Waals surface area (Å²) in [5.41, 5.74) is 0.449. The Balaban J connectivity index is 2.37. The van der Waals surface area contributed by atoms with Gasteiger partial charge in [0.05, 0.1) is 12.7 Å². The van der Waals surface area contributed by atoms with Crippen molar-refractivity contribution in [3.8, 4) is 11.5 Å². The van der Waals surface area contributed by atoms with Crippen molar-refractivity contribution in [3.05, 3.63) is 48.0 Å². The highest BCUT2D eigenvalue weighted by Gasteiger charge is 2.08. The molecule has 20 heavy (non-hydrogen) atoms. The van der Waals surface area contributed by atoms with Gasteiger partial charge in [0.2, 0.25) is 0 Å². The molecular weight excluding hydrogens is 260 g/mol. The van der Waals surface area contributed by atoms with Gasteiger partial charge in [0.25, 0.3) is 0 Å². The molecule has 0 spiro atoms. The first-order chi connectivity index (χ1) is 9.61. The number of rotatable bonds is 4. The van der Waals surface area contributed by atoms with E-state index in [9.17, 15) is 9.90 Å². The SMILES string of the molecule is COc1ccc(O)c(N=Nc2ccccc2C(=O)O)c1. The molecule has 0 bridgehead atoms. The maximum Gasteiger partial charge on any atom is 0.337 e. The molecule has 0 aliphatic rings. The Morgan fingerprint density at radius 1 is 1.10 bits per heavy atom. The average Bonchev–Trinajstić information content (AvgIpc) is 2.46. The molecule has 2 aromatic carbocycles. The van der Waals surface area contributed by atoms with Crippen LogP contribution in [0.3, 0.4) is 0 Å². The van der Waals surface area contributed by atoms with Gasteiger partial charge < -0.3 is 14.9 Å². The van der Waals surface area contributed by atoms with Crippen LogP contribution < -0.4 is 4.74 Å². The van der Waals surface area contributed by atoms with E-state index >= 15 is 0 Å². The van der Waals surface area contributed by atoms with Crippen molar-refractivity contribution in [2.75, 3.05) is 7.11 Å². The van der Waals surface area contributed by atoms with Crippen molar-refractivity contribution in [3.63, 3.8) is 0 Å². The number of carboxylic acid groups (broad SMARTS) is 1. The molecule has 0 aliphatic carbocycles. The number of phenolic OH excluding ortho intramolecular Hbond substituents is 1. The minimum atomic E-state index is -1.09. The zero-order valence-corrected chi connectivity index (χ0v) is 10.6. The topological polar surface area (TPSA) is 91.5 Å². The smallest absolute Gasteiger partial charge is 0.337 e. The van der Waals surface area contributed by atoms with Gasteiger partial charge in [-0.1, -0.05) is 12.1 Å². The third-order valence-electron chi connectivity index (χ3n) is 2.58. The van der Waals surface area contributed by atoms with Crippen LogP contribution in [0.25, 0.3) is 0 Å². The normalized spacial score (nSPS) is 10.7. The molecular formula is C14H12N2O4. The van der Waals surface area contributed by atoms with Crippen molar-refractivity contribution in [1.82, 2.24) is 0 Å². The summed E-state index contributed by atoms with van der Waals surface area (Å²) < 4.78 is 5.02. The molecule has 0 unspecified atom stereocenters. The first-order valence-electron chi connectivity index (χ1n) is 5.73. The molecule has 2 N–H and O–H groups in total. The van der Waals surface area contributed by atoms with E-state index in [0.717, 1.165) is 0 Å². The summed E-state index contributed by atoms with van der Waals surface area (Å²) in [6.07, 6.45) is 0. The van der Waals surface area contributed by atoms with Crippen LogP contribution in [0.4, 0.5) is 11.4 Å². The summed E-state index contributed by atoms with van der Waals surface area (Å²) >= 11 is 0. The standard InChI is InChI=1S/C14H12N2O4/c1-20-9-6-7-13(17)12(8-9)16-15-11-5-3-2-4-10(11)14(18)19/h2-8,17H,1H3,(H,18,19). The van der Waals surface area contributed by atoms with Gasteiger partial charge in [0.1, 0.15) is 22.9 Å². The van der Waals surface area contributed by atoms with Crippen LogP contribution in [0.15, 0.2) is 52.7 Å². The average molecular weight is 272 g/mol. The molecule has 6 nitrogen and oxygen atoms in total. The highest BCUT2D eigenvalue weighted by atomic mass is 16.5. The van der Waals surface area contributed by atoms with E-state index in [0.29, 0.717) is 5.75 Å². The fourth-order valence-electron chi connectivity index (χ4n) is 1.56. The summed E-state index contributed by atoms with van der Waals surface area (Å²) in [4.78, 5) is 11.0. The maximum absolute atomic E-state index is 11.0. The Bertz CT molecular complexity index is 668. The highest BCUT2D eigenvalue weighted by Crippen LogP contribution is 2.32. The number of carboxylic acids is 1. The lowest BCUT2D eigenvalue weighted by atomic mass is 10.2. The first kappa shape index (κ1) is 13.5. The molecule has 0 atom stereocenters. The van der Waals surface area contributed by atoms with Crippen LogP contribution in [0, 0.1) is 0 Å². The van der Waals surface area contributed by atoms with Gasteiger partial charge in [-0.25, -0.2) is 4.79 Å². The van der Waals surface area contributed by atoms with Crippen LogP contribution in [0.1, 0.15) is 10.4 Å². The molecule has 2 rings (SSSR count). The van der Waals surface area contributed by atoms with Gasteiger partial charge in [-0.05, 0) is 24.3 Å². The minimum absolute atomic E-state index is 0.0404. The van der Waals surface area contributed by atoms with E-state index in [2.05, 4.69) is 10.2 Å². The molecule has 0 saturated heterocycles. The number of hydrogen-bond donors (Lipinski definition) is 2. The third kappa shape index (κ3) is 2.92. The molecule has 102 valence electrons. The number of benzene rings is 2. The molecule has 0 radical (unpaired) electrons. The second kappa shape index (κ2) is 5.83. The molecule has 2 aromatic rings. The van der Waals surface area contributed by atoms with Crippen molar-refractivity contribution in [1.29, 1.82) is 0 Å². The Hall–Kier alpha value is -2.89. The summed E-state index contributed by atoms with van der Waals surface area (Å²) in [7, 11) is 1.49. The Morgan fingerprint density at radius 2 is 1.80 bits per heavy atom. The van der Waals surface area contributed by atoms with E-state index in [1.54, 1.807) is 18.2 Å². The quantitative estimate of drug-likeness (QED) is 0.833. The second-order valence-corrected chi connectivity index (χ2v) is 3.88. The highest BCUT2D eigenvalue weighted by molar-refractivity contribution is 5.93. The zero-order valence-electron chi connectivity index (χ0n) is 10.6. The number of aromatic carboxylic acids is 1. The van der Waals surface area contributed by atoms with Crippen molar-refractivity contribution in [2.45, 2.75) is 0 Å². The third-order valence-corrected chi connectivity index (χ3v) is 2.58. The summed E-state index contributed by atoms with van der Waals surface area (Å²) in [6, 6.07) is 10.7. The number of methoxy groups -OCH3 is 1. The van der Waals surface area contributed by atoms with Gasteiger partial charge in [-0.15, -0.1) is 10.2 Å². The lowest BCUT2D eigenvalue weighted by molar-refractivity contribution is 0.0697. The molecule has 6 heteroatoms. The number of ether oxygens (including phenoxy) is 1. The number of nitrogens with zero attached hydrogens (tertiary/aromatic N) is 2. The summed E-state index contributed by atoms with van der Waals surface area (Å²) in [6.45, 7) is 0. The number of hydrogen-bond acceptors (Lipinski definition) is 5. The molecule has 0 amide bonds. The van der Waals surface area contributed by atoms with Gasteiger partial charge in [-0.3, -0.25) is 0 Å².